The minimum Gasteiger partial charge on any atom is -0.390 e. The Morgan fingerprint density at radius 1 is 1.50 bits per heavy atom. The summed E-state index contributed by atoms with van der Waals surface area (Å²) in [6.07, 6.45) is 0.932. The van der Waals surface area contributed by atoms with Crippen molar-refractivity contribution in [2.24, 2.45) is 0 Å². The molecule has 5 nitrogen and oxygen atoms in total. The van der Waals surface area contributed by atoms with Gasteiger partial charge in [-0.15, -0.1) is 0 Å². The molecule has 98 valence electrons. The molecule has 0 bridgehead atoms. The highest BCUT2D eigenvalue weighted by Crippen LogP contribution is 2.17. The third-order valence-electron chi connectivity index (χ3n) is 3.16. The van der Waals surface area contributed by atoms with Gasteiger partial charge in [-0.1, -0.05) is 11.6 Å². The van der Waals surface area contributed by atoms with Crippen molar-refractivity contribution in [1.29, 1.82) is 0 Å². The highest BCUT2D eigenvalue weighted by atomic mass is 35.5. The molecule has 0 unspecified atom stereocenters. The van der Waals surface area contributed by atoms with E-state index in [0.29, 0.717) is 23.8 Å². The van der Waals surface area contributed by atoms with Crippen LogP contribution in [0, 0.1) is 0 Å². The highest BCUT2D eigenvalue weighted by Gasteiger charge is 2.35. The first kappa shape index (κ1) is 13.3. The van der Waals surface area contributed by atoms with Gasteiger partial charge < -0.3 is 14.9 Å². The topological polar surface area (TPSA) is 56.7 Å². The lowest BCUT2D eigenvalue weighted by Crippen LogP contribution is -2.38. The zero-order valence-corrected chi connectivity index (χ0v) is 11.1. The molecule has 18 heavy (non-hydrogen) atoms. The van der Waals surface area contributed by atoms with Crippen LogP contribution in [0.3, 0.4) is 0 Å². The SMILES string of the molecule is CN(C)[C@H]1CN(C(=O)c2ccc(Cl)cn2)C[C@@H]1O. The molecule has 2 atom stereocenters. The number of carbonyl (C=O) groups excluding carboxylic acids is 1. The molecule has 1 saturated heterocycles. The Morgan fingerprint density at radius 3 is 2.72 bits per heavy atom. The van der Waals surface area contributed by atoms with E-state index < -0.39 is 6.10 Å². The number of hydrogen-bond acceptors (Lipinski definition) is 4. The van der Waals surface area contributed by atoms with Gasteiger partial charge in [-0.25, -0.2) is 4.98 Å². The monoisotopic (exact) mass is 269 g/mol. The van der Waals surface area contributed by atoms with Gasteiger partial charge in [-0.05, 0) is 26.2 Å². The molecule has 2 rings (SSSR count). The second-order valence-corrected chi connectivity index (χ2v) is 5.11. The van der Waals surface area contributed by atoms with Gasteiger partial charge in [0.05, 0.1) is 17.2 Å². The van der Waals surface area contributed by atoms with Gasteiger partial charge in [-0.3, -0.25) is 4.79 Å². The van der Waals surface area contributed by atoms with Gasteiger partial charge in [-0.2, -0.15) is 0 Å². The number of aliphatic hydroxyl groups excluding tert-OH is 1. The Hall–Kier alpha value is -1.17. The summed E-state index contributed by atoms with van der Waals surface area (Å²) in [5.41, 5.74) is 0.353. The van der Waals surface area contributed by atoms with E-state index in [4.69, 9.17) is 11.6 Å². The number of likely N-dealkylation sites (N-methyl/N-ethyl adjacent to an activating group) is 1. The number of halogens is 1. The molecular formula is C12H16ClN3O2. The van der Waals surface area contributed by atoms with E-state index in [9.17, 15) is 9.90 Å². The van der Waals surface area contributed by atoms with Crippen LogP contribution in [-0.2, 0) is 0 Å². The van der Waals surface area contributed by atoms with E-state index in [2.05, 4.69) is 4.98 Å². The molecule has 0 radical (unpaired) electrons. The average Bonchev–Trinajstić information content (AvgIpc) is 2.71. The third kappa shape index (κ3) is 2.63. The van der Waals surface area contributed by atoms with Crippen LogP contribution >= 0.6 is 11.6 Å². The first-order chi connectivity index (χ1) is 8.49. The zero-order chi connectivity index (χ0) is 13.3. The number of amides is 1. The van der Waals surface area contributed by atoms with Crippen molar-refractivity contribution in [3.05, 3.63) is 29.0 Å². The van der Waals surface area contributed by atoms with Crippen LogP contribution in [0.4, 0.5) is 0 Å². The van der Waals surface area contributed by atoms with Gasteiger partial charge in [0.2, 0.25) is 0 Å². The molecule has 1 aromatic rings. The minimum absolute atomic E-state index is 0.0266. The van der Waals surface area contributed by atoms with Crippen LogP contribution in [0.25, 0.3) is 0 Å². The molecule has 1 amide bonds. The van der Waals surface area contributed by atoms with E-state index in [0.717, 1.165) is 0 Å². The Kier molecular flexibility index (Phi) is 3.85. The fourth-order valence-electron chi connectivity index (χ4n) is 2.11. The summed E-state index contributed by atoms with van der Waals surface area (Å²) in [5, 5.41) is 10.4. The maximum Gasteiger partial charge on any atom is 0.272 e. The van der Waals surface area contributed by atoms with Gasteiger partial charge in [0, 0.05) is 19.3 Å². The smallest absolute Gasteiger partial charge is 0.272 e. The molecule has 0 saturated carbocycles. The van der Waals surface area contributed by atoms with Gasteiger partial charge >= 0.3 is 0 Å². The van der Waals surface area contributed by atoms with Gasteiger partial charge in [0.25, 0.3) is 5.91 Å². The summed E-state index contributed by atoms with van der Waals surface area (Å²) >= 11 is 5.73. The van der Waals surface area contributed by atoms with Crippen LogP contribution in [0.2, 0.25) is 5.02 Å². The summed E-state index contributed by atoms with van der Waals surface area (Å²) in [7, 11) is 3.78. The third-order valence-corrected chi connectivity index (χ3v) is 3.38. The van der Waals surface area contributed by atoms with Crippen LogP contribution in [0.15, 0.2) is 18.3 Å². The second-order valence-electron chi connectivity index (χ2n) is 4.67. The van der Waals surface area contributed by atoms with Crippen LogP contribution < -0.4 is 0 Å². The summed E-state index contributed by atoms with van der Waals surface area (Å²) in [4.78, 5) is 19.7. The molecule has 1 aliphatic heterocycles. The van der Waals surface area contributed by atoms with Crippen molar-refractivity contribution in [1.82, 2.24) is 14.8 Å². The van der Waals surface area contributed by atoms with Crippen molar-refractivity contribution in [2.45, 2.75) is 12.1 Å². The summed E-state index contributed by atoms with van der Waals surface area (Å²) in [5.74, 6) is -0.171. The van der Waals surface area contributed by atoms with Crippen molar-refractivity contribution in [3.63, 3.8) is 0 Å². The first-order valence-electron chi connectivity index (χ1n) is 5.74. The van der Waals surface area contributed by atoms with Crippen molar-refractivity contribution in [3.8, 4) is 0 Å². The van der Waals surface area contributed by atoms with E-state index in [1.165, 1.54) is 6.20 Å². The number of β-amino-alcohol motifs (C(OH)–C–C–N with tert-alkyl or cyclic N) is 1. The molecule has 2 heterocycles. The predicted molar refractivity (Wildman–Crippen MR) is 68.6 cm³/mol. The van der Waals surface area contributed by atoms with E-state index in [1.54, 1.807) is 17.0 Å². The largest absolute Gasteiger partial charge is 0.390 e. The maximum atomic E-state index is 12.2. The number of hydrogen-bond donors (Lipinski definition) is 1. The number of rotatable bonds is 2. The highest BCUT2D eigenvalue weighted by molar-refractivity contribution is 6.30. The van der Waals surface area contributed by atoms with E-state index >= 15 is 0 Å². The predicted octanol–water partition coefficient (Wildman–Crippen LogP) is 0.482. The fraction of sp³-hybridized carbons (Fsp3) is 0.500. The quantitative estimate of drug-likeness (QED) is 0.849. The Balaban J connectivity index is 2.09. The van der Waals surface area contributed by atoms with Gasteiger partial charge in [0.1, 0.15) is 5.69 Å². The minimum atomic E-state index is -0.517. The zero-order valence-electron chi connectivity index (χ0n) is 10.4. The molecule has 1 aromatic heterocycles. The number of pyridine rings is 1. The van der Waals surface area contributed by atoms with Gasteiger partial charge in [0.15, 0.2) is 0 Å². The summed E-state index contributed by atoms with van der Waals surface area (Å²) < 4.78 is 0. The molecule has 0 aromatic carbocycles. The van der Waals surface area contributed by atoms with E-state index in [1.807, 2.05) is 19.0 Å². The number of aliphatic hydroxyl groups is 1. The summed E-state index contributed by atoms with van der Waals surface area (Å²) in [6.45, 7) is 0.850. The van der Waals surface area contributed by atoms with Crippen molar-refractivity contribution in [2.75, 3.05) is 27.2 Å². The molecule has 1 aliphatic rings. The van der Waals surface area contributed by atoms with Crippen LogP contribution in [0.5, 0.6) is 0 Å². The molecule has 0 aliphatic carbocycles. The molecule has 6 heteroatoms. The van der Waals surface area contributed by atoms with Crippen LogP contribution in [-0.4, -0.2) is 65.1 Å². The lowest BCUT2D eigenvalue weighted by atomic mass is 10.2. The Bertz CT molecular complexity index is 435. The normalized spacial score (nSPS) is 23.7. The Morgan fingerprint density at radius 2 is 2.22 bits per heavy atom. The maximum absolute atomic E-state index is 12.2. The average molecular weight is 270 g/mol. The summed E-state index contributed by atoms with van der Waals surface area (Å²) in [6, 6.07) is 3.21. The van der Waals surface area contributed by atoms with Crippen molar-refractivity contribution < 1.29 is 9.90 Å². The standard InChI is InChI=1S/C12H16ClN3O2/c1-15(2)10-6-16(7-11(10)17)12(18)9-4-3-8(13)5-14-9/h3-5,10-11,17H,6-7H2,1-2H3/t10-,11-/m0/s1. The molecule has 1 N–H and O–H groups in total. The Labute approximate surface area is 111 Å². The first-order valence-corrected chi connectivity index (χ1v) is 6.12. The number of nitrogens with zero attached hydrogens (tertiary/aromatic N) is 3. The van der Waals surface area contributed by atoms with Crippen LogP contribution in [0.1, 0.15) is 10.5 Å². The fourth-order valence-corrected chi connectivity index (χ4v) is 2.22. The number of carbonyl (C=O) groups is 1. The molecule has 0 spiro atoms. The van der Waals surface area contributed by atoms with Crippen molar-refractivity contribution >= 4 is 17.5 Å². The lowest BCUT2D eigenvalue weighted by Gasteiger charge is -2.21. The second kappa shape index (κ2) is 5.22. The van der Waals surface area contributed by atoms with E-state index in [-0.39, 0.29) is 11.9 Å². The molecule has 1 fully saturated rings. The lowest BCUT2D eigenvalue weighted by molar-refractivity contribution is 0.0758. The number of aromatic nitrogens is 1. The number of likely N-dealkylation sites (tertiary alicyclic amines) is 1. The molecular weight excluding hydrogens is 254 g/mol.